The zero-order valence-electron chi connectivity index (χ0n) is 35.8. The summed E-state index contributed by atoms with van der Waals surface area (Å²) in [6.45, 7) is 16.3. The minimum absolute atomic E-state index is 0. The van der Waals surface area contributed by atoms with Crippen molar-refractivity contribution in [3.05, 3.63) is 0 Å². The summed E-state index contributed by atoms with van der Waals surface area (Å²) in [5.74, 6) is -4.98. The van der Waals surface area contributed by atoms with Crippen LogP contribution in [0.25, 0.3) is 0 Å². The van der Waals surface area contributed by atoms with E-state index in [2.05, 4.69) is 12.6 Å². The first kappa shape index (κ1) is 57.4. The molecule has 2 unspecified atom stereocenters. The van der Waals surface area contributed by atoms with Gasteiger partial charge in [0.25, 0.3) is 0 Å². The third kappa shape index (κ3) is 13.4. The van der Waals surface area contributed by atoms with E-state index in [4.69, 9.17) is 33.7 Å². The van der Waals surface area contributed by atoms with Crippen molar-refractivity contribution in [3.8, 4) is 5.40 Å². The molecule has 0 amide bonds. The van der Waals surface area contributed by atoms with Gasteiger partial charge < -0.3 is 87.9 Å². The molecule has 0 aromatic rings. The van der Waals surface area contributed by atoms with Gasteiger partial charge in [0.2, 0.25) is 0 Å². The Kier molecular flexibility index (Phi) is 23.5. The van der Waals surface area contributed by atoms with E-state index in [9.17, 15) is 35.1 Å². The zero-order chi connectivity index (χ0) is 41.7. The van der Waals surface area contributed by atoms with Crippen molar-refractivity contribution in [1.29, 1.82) is 5.26 Å². The summed E-state index contributed by atoms with van der Waals surface area (Å²) in [4.78, 5) is 29.8. The van der Waals surface area contributed by atoms with Crippen LogP contribution < -0.4 is 0 Å². The van der Waals surface area contributed by atoms with Gasteiger partial charge in [-0.1, -0.05) is 33.1 Å². The van der Waals surface area contributed by atoms with Crippen LogP contribution in [-0.2, 0) is 50.6 Å². The Morgan fingerprint density at radius 1 is 0.912 bits per heavy atom. The maximum Gasteiger partial charge on any atom is 0.311 e. The second-order valence-corrected chi connectivity index (χ2v) is 16.7. The monoisotopic (exact) mass is 845 g/mol. The molecule has 0 bridgehead atoms. The van der Waals surface area contributed by atoms with Crippen molar-refractivity contribution in [1.82, 2.24) is 4.90 Å². The highest BCUT2D eigenvalue weighted by Gasteiger charge is 2.53. The number of aliphatic hydroxyl groups is 5. The number of hydrogen-bond acceptors (Lipinski definition) is 16. The van der Waals surface area contributed by atoms with Gasteiger partial charge in [0.15, 0.2) is 12.6 Å². The van der Waals surface area contributed by atoms with Crippen molar-refractivity contribution in [2.45, 2.75) is 179 Å². The van der Waals surface area contributed by atoms with E-state index in [1.54, 1.807) is 41.5 Å². The minimum Gasteiger partial charge on any atom is -0.696 e. The predicted octanol–water partition coefficient (Wildman–Crippen LogP) is -0.674. The van der Waals surface area contributed by atoms with Crippen molar-refractivity contribution < 1.29 is 80.0 Å². The third-order valence-corrected chi connectivity index (χ3v) is 11.8. The van der Waals surface area contributed by atoms with Gasteiger partial charge in [-0.25, -0.2) is 5.26 Å². The number of cyclic esters (lactones) is 1. The van der Waals surface area contributed by atoms with Crippen LogP contribution >= 0.6 is 0 Å². The number of aliphatic hydroxyl groups excluding tert-OH is 3. The molecular formula is C38H73N2O16S-. The van der Waals surface area contributed by atoms with E-state index in [1.165, 1.54) is 33.3 Å². The smallest absolute Gasteiger partial charge is 0.311 e. The van der Waals surface area contributed by atoms with Crippen LogP contribution in [0.4, 0.5) is 0 Å². The Balaban J connectivity index is 0. The van der Waals surface area contributed by atoms with Crippen molar-refractivity contribution in [2.75, 3.05) is 21.2 Å². The number of methoxy groups -OCH3 is 1. The van der Waals surface area contributed by atoms with Gasteiger partial charge in [-0.2, -0.15) is 0 Å². The lowest BCUT2D eigenvalue weighted by Crippen LogP contribution is -2.61. The molecule has 18 atom stereocenters. The molecule has 3 fully saturated rings. The Morgan fingerprint density at radius 2 is 1.46 bits per heavy atom. The summed E-state index contributed by atoms with van der Waals surface area (Å²) in [6, 6.07) is -0.324. The number of ketones is 1. The van der Waals surface area contributed by atoms with E-state index in [1.807, 2.05) is 25.9 Å². The van der Waals surface area contributed by atoms with E-state index in [0.29, 0.717) is 6.42 Å². The normalized spacial score (nSPS) is 44.6. The Morgan fingerprint density at radius 3 is 1.95 bits per heavy atom. The summed E-state index contributed by atoms with van der Waals surface area (Å²) in [5.41, 5.74) is -4.84. The summed E-state index contributed by atoms with van der Waals surface area (Å²) in [7, 11) is 5.18. The topological polar surface area (TPSA) is 312 Å². The van der Waals surface area contributed by atoms with E-state index >= 15 is 0 Å². The van der Waals surface area contributed by atoms with Gasteiger partial charge in [-0.3, -0.25) is 9.59 Å². The molecule has 0 saturated carbocycles. The van der Waals surface area contributed by atoms with Crippen molar-refractivity contribution >= 4 is 24.4 Å². The second kappa shape index (κ2) is 23.3. The maximum atomic E-state index is 14.1. The minimum atomic E-state index is -1.99. The number of Topliss-reactive ketones (excluding diaryl/α,β-unsaturated/α-hetero) is 1. The largest absolute Gasteiger partial charge is 0.696 e. The first-order valence-electron chi connectivity index (χ1n) is 18.9. The number of esters is 1. The van der Waals surface area contributed by atoms with Gasteiger partial charge in [0.1, 0.15) is 29.7 Å². The number of hydrogen-bond donors (Lipinski definition) is 5. The fraction of sp³-hybridized carbons (Fsp3) is 0.921. The Hall–Kier alpha value is -1.71. The van der Waals surface area contributed by atoms with Crippen LogP contribution in [0.1, 0.15) is 94.9 Å². The highest BCUT2D eigenvalue weighted by atomic mass is 32.1. The fourth-order valence-electron chi connectivity index (χ4n) is 8.41. The SMILES string of the molecule is CC[C@@H]1OC(=O)[C@@H](C)[C@H](O[C@H]2C[C@@](C)(OC)[C@@H](O)[C@H](C)O2)C(C)[C@@H](O[C@@H]2O[C@H](C)C[C@H](N(C)C)[C@H]2O)[C@](C)(O)C[C@H](C)C(=O)C(C)[C@H](O)[C@@]1(C)O.N#C[S-].O.O.O. The summed E-state index contributed by atoms with van der Waals surface area (Å²) in [5, 5.41) is 66.1. The van der Waals surface area contributed by atoms with Gasteiger partial charge in [-0.05, 0) is 74.9 Å². The standard InChI is InChI=1S/C37H67NO13.CHNS.3H2O/c1-14-25-37(10,45)30(41)20(4)27(39)18(2)16-35(8,44)32(51-34-28(40)24(38(11)12)15-19(3)47-34)21(5)29(22(6)33(43)49-25)50-26-17-36(9,46-13)31(42)23(7)48-26;2-1-3;;;/h18-26,28-32,34,40-42,44-45H,14-17H2,1-13H3;3H;3*1H2/p-1/t18-,19+,20?,21?,22-,23-,24-,25-,26-,28+,29+,30-,31-,32+,34-,35+,36+,37-;;;;/m0..../s1. The second-order valence-electron chi connectivity index (χ2n) is 16.6. The van der Waals surface area contributed by atoms with Crippen LogP contribution in [0.15, 0.2) is 0 Å². The lowest BCUT2D eigenvalue weighted by Gasteiger charge is -2.49. The molecule has 19 heteroatoms. The molecule has 3 rings (SSSR count). The molecule has 57 heavy (non-hydrogen) atoms. The molecule has 3 heterocycles. The quantitative estimate of drug-likeness (QED) is 0.121. The summed E-state index contributed by atoms with van der Waals surface area (Å²) in [6.07, 6.45) is -9.71. The maximum absolute atomic E-state index is 14.1. The molecule has 0 spiro atoms. The third-order valence-electron chi connectivity index (χ3n) is 11.8. The summed E-state index contributed by atoms with van der Waals surface area (Å²) >= 11 is 3.70. The number of rotatable bonds is 7. The number of carbonyl (C=O) groups excluding carboxylic acids is 2. The van der Waals surface area contributed by atoms with Gasteiger partial charge >= 0.3 is 5.97 Å². The van der Waals surface area contributed by atoms with Crippen molar-refractivity contribution in [2.24, 2.45) is 23.7 Å². The lowest BCUT2D eigenvalue weighted by molar-refractivity contribution is -0.318. The van der Waals surface area contributed by atoms with Crippen LogP contribution in [0.3, 0.4) is 0 Å². The Labute approximate surface area is 343 Å². The number of nitrogens with zero attached hydrogens (tertiary/aromatic N) is 2. The molecule has 18 nitrogen and oxygen atoms in total. The average Bonchev–Trinajstić information content (AvgIpc) is 3.09. The van der Waals surface area contributed by atoms with E-state index < -0.39 is 108 Å². The number of likely N-dealkylation sites (N-methyl/N-ethyl adjacent to an activating group) is 1. The molecule has 0 aromatic carbocycles. The first-order valence-corrected chi connectivity index (χ1v) is 19.3. The lowest BCUT2D eigenvalue weighted by atomic mass is 9.74. The number of ether oxygens (including phenoxy) is 6. The van der Waals surface area contributed by atoms with Crippen LogP contribution in [0.5, 0.6) is 0 Å². The van der Waals surface area contributed by atoms with Crippen LogP contribution in [0.2, 0.25) is 0 Å². The van der Waals surface area contributed by atoms with E-state index in [0.717, 1.165) is 0 Å². The number of thiocyanates is 1. The van der Waals surface area contributed by atoms with Crippen LogP contribution in [0, 0.1) is 34.3 Å². The molecule has 338 valence electrons. The molecule has 0 aliphatic carbocycles. The highest BCUT2D eigenvalue weighted by Crippen LogP contribution is 2.40. The molecule has 0 aromatic heterocycles. The molecular weight excluding hydrogens is 772 g/mol. The predicted molar refractivity (Wildman–Crippen MR) is 210 cm³/mol. The zero-order valence-corrected chi connectivity index (χ0v) is 36.6. The fourth-order valence-corrected chi connectivity index (χ4v) is 8.41. The highest BCUT2D eigenvalue weighted by molar-refractivity contribution is 7.64. The molecule has 0 radical (unpaired) electrons. The number of carbonyl (C=O) groups is 2. The molecule has 3 aliphatic rings. The van der Waals surface area contributed by atoms with Crippen molar-refractivity contribution in [3.63, 3.8) is 0 Å². The number of nitriles is 1. The molecule has 11 N–H and O–H groups in total. The van der Waals surface area contributed by atoms with E-state index in [-0.39, 0.29) is 47.8 Å². The Bertz CT molecular complexity index is 1270. The van der Waals surface area contributed by atoms with Crippen LogP contribution in [-0.4, -0.2) is 164 Å². The summed E-state index contributed by atoms with van der Waals surface area (Å²) < 4.78 is 37.1. The first-order chi connectivity index (χ1) is 24.8. The van der Waals surface area contributed by atoms with Gasteiger partial charge in [-0.15, -0.1) is 0 Å². The van der Waals surface area contributed by atoms with Gasteiger partial charge in [0.05, 0.1) is 47.6 Å². The average molecular weight is 846 g/mol. The molecule has 3 aliphatic heterocycles. The van der Waals surface area contributed by atoms with Gasteiger partial charge in [0, 0.05) is 37.3 Å². The molecule has 3 saturated heterocycles.